The first-order chi connectivity index (χ1) is 12.4. The minimum Gasteiger partial charge on any atom is -0.493 e. The van der Waals surface area contributed by atoms with Crippen LogP contribution in [0.25, 0.3) is 0 Å². The molecule has 2 atom stereocenters. The van der Waals surface area contributed by atoms with Crippen LogP contribution < -0.4 is 9.47 Å². The third-order valence-electron chi connectivity index (χ3n) is 4.26. The van der Waals surface area contributed by atoms with Crippen LogP contribution in [0.1, 0.15) is 20.3 Å². The Hall–Kier alpha value is -2.77. The molecule has 1 aliphatic heterocycles. The van der Waals surface area contributed by atoms with Gasteiger partial charge in [0.1, 0.15) is 12.1 Å². The van der Waals surface area contributed by atoms with Gasteiger partial charge in [-0.3, -0.25) is 14.4 Å². The van der Waals surface area contributed by atoms with E-state index >= 15 is 0 Å². The van der Waals surface area contributed by atoms with Gasteiger partial charge < -0.3 is 24.4 Å². The molecule has 1 aromatic rings. The molecule has 1 saturated heterocycles. The molecule has 1 heterocycles. The van der Waals surface area contributed by atoms with E-state index in [0.717, 1.165) is 0 Å². The molecule has 0 radical (unpaired) electrons. The molecule has 0 bridgehead atoms. The number of methoxy groups -OCH3 is 1. The van der Waals surface area contributed by atoms with Crippen LogP contribution in [0.3, 0.4) is 0 Å². The van der Waals surface area contributed by atoms with Gasteiger partial charge in [-0.1, -0.05) is 12.1 Å². The van der Waals surface area contributed by atoms with Crippen molar-refractivity contribution in [1.82, 2.24) is 9.80 Å². The first kappa shape index (κ1) is 21.3. The van der Waals surface area contributed by atoms with Crippen LogP contribution in [-0.2, 0) is 14.4 Å². The van der Waals surface area contributed by atoms with Crippen LogP contribution in [-0.4, -0.2) is 72.6 Å². The van der Waals surface area contributed by atoms with Crippen LogP contribution in [0.15, 0.2) is 24.3 Å². The van der Waals surface area contributed by atoms with E-state index in [0.29, 0.717) is 31.1 Å². The summed E-state index contributed by atoms with van der Waals surface area (Å²) in [4.78, 5) is 35.9. The summed E-state index contributed by atoms with van der Waals surface area (Å²) in [7, 11) is 3.27. The third kappa shape index (κ3) is 5.11. The third-order valence-corrected chi connectivity index (χ3v) is 4.26. The number of rotatable bonds is 6. The zero-order chi connectivity index (χ0) is 19.7. The molecule has 1 N–H and O–H groups in total. The highest BCUT2D eigenvalue weighted by Gasteiger charge is 2.39. The number of carbonyl (C=O) groups is 3. The van der Waals surface area contributed by atoms with E-state index in [4.69, 9.17) is 19.4 Å². The van der Waals surface area contributed by atoms with E-state index < -0.39 is 12.1 Å². The Bertz CT molecular complexity index is 621. The van der Waals surface area contributed by atoms with Gasteiger partial charge in [0.25, 0.3) is 6.47 Å². The number of carboxylic acid groups (broad SMARTS) is 1. The summed E-state index contributed by atoms with van der Waals surface area (Å²) >= 11 is 0. The van der Waals surface area contributed by atoms with Gasteiger partial charge in [-0.2, -0.15) is 0 Å². The molecule has 8 heteroatoms. The first-order valence-corrected chi connectivity index (χ1v) is 8.29. The summed E-state index contributed by atoms with van der Waals surface area (Å²) in [5.41, 5.74) is 0. The average molecular weight is 366 g/mol. The number of piperazine rings is 1. The zero-order valence-electron chi connectivity index (χ0n) is 15.5. The van der Waals surface area contributed by atoms with E-state index in [2.05, 4.69) is 0 Å². The van der Waals surface area contributed by atoms with Crippen molar-refractivity contribution in [3.8, 4) is 11.5 Å². The van der Waals surface area contributed by atoms with Crippen LogP contribution in [0.5, 0.6) is 11.5 Å². The predicted octanol–water partition coefficient (Wildman–Crippen LogP) is 1.24. The maximum atomic E-state index is 12.3. The van der Waals surface area contributed by atoms with Gasteiger partial charge in [0.2, 0.25) is 11.8 Å². The summed E-state index contributed by atoms with van der Waals surface area (Å²) < 4.78 is 10.9. The number of likely N-dealkylation sites (N-methyl/N-ethyl adjacent to an activating group) is 1. The molecular formula is C18H26N2O6. The smallest absolute Gasteiger partial charge is 0.290 e. The summed E-state index contributed by atoms with van der Waals surface area (Å²) in [6.45, 7) is 4.22. The number of amides is 2. The number of carbonyl (C=O) groups excluding carboxylic acids is 2. The normalized spacial score (nSPS) is 19.5. The quantitative estimate of drug-likeness (QED) is 0.601. The molecule has 144 valence electrons. The highest BCUT2D eigenvalue weighted by molar-refractivity contribution is 5.96. The Balaban J connectivity index is 0.00000105. The second kappa shape index (κ2) is 10.3. The van der Waals surface area contributed by atoms with Gasteiger partial charge in [-0.25, -0.2) is 0 Å². The monoisotopic (exact) mass is 366 g/mol. The molecule has 0 aliphatic carbocycles. The highest BCUT2D eigenvalue weighted by Crippen LogP contribution is 2.26. The van der Waals surface area contributed by atoms with Crippen molar-refractivity contribution in [3.63, 3.8) is 0 Å². The standard InChI is InChI=1S/C17H24N2O4.CH2O2/c1-12-17(21)19(13(2)16(20)18(12)3)10-7-11-23-15-9-6-5-8-14(15)22-4;2-1-3/h5-6,8-9,12-13H,7,10-11H2,1-4H3;1H,(H,2,3)/t12-,13-;/m0./s1. The van der Waals surface area contributed by atoms with E-state index in [1.165, 1.54) is 4.90 Å². The number of benzene rings is 1. The molecule has 0 aromatic heterocycles. The lowest BCUT2D eigenvalue weighted by Crippen LogP contribution is -2.61. The van der Waals surface area contributed by atoms with Crippen molar-refractivity contribution in [2.24, 2.45) is 0 Å². The van der Waals surface area contributed by atoms with E-state index in [9.17, 15) is 9.59 Å². The van der Waals surface area contributed by atoms with E-state index in [-0.39, 0.29) is 18.3 Å². The molecule has 1 aromatic carbocycles. The summed E-state index contributed by atoms with van der Waals surface area (Å²) in [6.07, 6.45) is 0.651. The van der Waals surface area contributed by atoms with Crippen LogP contribution >= 0.6 is 0 Å². The minimum absolute atomic E-state index is 0.0168. The van der Waals surface area contributed by atoms with Crippen molar-refractivity contribution in [1.29, 1.82) is 0 Å². The molecule has 8 nitrogen and oxygen atoms in total. The Labute approximate surface area is 153 Å². The number of hydrogen-bond donors (Lipinski definition) is 1. The molecule has 0 unspecified atom stereocenters. The summed E-state index contributed by atoms with van der Waals surface area (Å²) in [5, 5.41) is 6.89. The molecule has 1 aliphatic rings. The van der Waals surface area contributed by atoms with Crippen molar-refractivity contribution >= 4 is 18.3 Å². The number of ether oxygens (including phenoxy) is 2. The van der Waals surface area contributed by atoms with Gasteiger partial charge in [-0.05, 0) is 32.4 Å². The van der Waals surface area contributed by atoms with E-state index in [1.807, 2.05) is 24.3 Å². The number of hydrogen-bond acceptors (Lipinski definition) is 5. The second-order valence-corrected chi connectivity index (χ2v) is 5.79. The fourth-order valence-electron chi connectivity index (χ4n) is 2.67. The molecule has 0 saturated carbocycles. The lowest BCUT2D eigenvalue weighted by molar-refractivity contribution is -0.158. The lowest BCUT2D eigenvalue weighted by Gasteiger charge is -2.41. The number of para-hydroxylation sites is 2. The summed E-state index contributed by atoms with van der Waals surface area (Å²) in [6, 6.07) is 6.60. The van der Waals surface area contributed by atoms with Gasteiger partial charge in [0.15, 0.2) is 11.5 Å². The van der Waals surface area contributed by atoms with E-state index in [1.54, 1.807) is 32.9 Å². The Morgan fingerprint density at radius 1 is 1.12 bits per heavy atom. The zero-order valence-corrected chi connectivity index (χ0v) is 15.5. The van der Waals surface area contributed by atoms with Crippen molar-refractivity contribution in [2.45, 2.75) is 32.4 Å². The molecular weight excluding hydrogens is 340 g/mol. The molecule has 0 spiro atoms. The van der Waals surface area contributed by atoms with Gasteiger partial charge in [0.05, 0.1) is 13.7 Å². The molecule has 2 rings (SSSR count). The fraction of sp³-hybridized carbons (Fsp3) is 0.500. The summed E-state index contributed by atoms with van der Waals surface area (Å²) in [5.74, 6) is 1.32. The maximum Gasteiger partial charge on any atom is 0.290 e. The molecule has 26 heavy (non-hydrogen) atoms. The highest BCUT2D eigenvalue weighted by atomic mass is 16.5. The SMILES string of the molecule is COc1ccccc1OCCCN1C(=O)[C@H](C)N(C)C(=O)[C@@H]1C.O=CO. The van der Waals surface area contributed by atoms with Crippen molar-refractivity contribution in [2.75, 3.05) is 27.3 Å². The Morgan fingerprint density at radius 2 is 1.69 bits per heavy atom. The van der Waals surface area contributed by atoms with Crippen LogP contribution in [0.2, 0.25) is 0 Å². The predicted molar refractivity (Wildman–Crippen MR) is 95.2 cm³/mol. The van der Waals surface area contributed by atoms with Gasteiger partial charge in [-0.15, -0.1) is 0 Å². The second-order valence-electron chi connectivity index (χ2n) is 5.79. The average Bonchev–Trinajstić information content (AvgIpc) is 2.65. The van der Waals surface area contributed by atoms with Crippen LogP contribution in [0, 0.1) is 0 Å². The molecule has 1 fully saturated rings. The van der Waals surface area contributed by atoms with Crippen LogP contribution in [0.4, 0.5) is 0 Å². The maximum absolute atomic E-state index is 12.3. The molecule has 2 amide bonds. The first-order valence-electron chi connectivity index (χ1n) is 8.29. The largest absolute Gasteiger partial charge is 0.493 e. The Morgan fingerprint density at radius 3 is 2.27 bits per heavy atom. The fourth-order valence-corrected chi connectivity index (χ4v) is 2.67. The minimum atomic E-state index is -0.421. The lowest BCUT2D eigenvalue weighted by atomic mass is 10.1. The number of nitrogens with zero attached hydrogens (tertiary/aromatic N) is 2. The van der Waals surface area contributed by atoms with Gasteiger partial charge in [0, 0.05) is 13.6 Å². The Kier molecular flexibility index (Phi) is 8.41. The topological polar surface area (TPSA) is 96.4 Å². The van der Waals surface area contributed by atoms with Crippen molar-refractivity contribution in [3.05, 3.63) is 24.3 Å². The van der Waals surface area contributed by atoms with Crippen molar-refractivity contribution < 1.29 is 29.0 Å². The van der Waals surface area contributed by atoms with Gasteiger partial charge >= 0.3 is 0 Å².